The van der Waals surface area contributed by atoms with Gasteiger partial charge in [0.25, 0.3) is 0 Å². The van der Waals surface area contributed by atoms with Gasteiger partial charge in [0.15, 0.2) is 0 Å². The molecule has 2 aromatic rings. The summed E-state index contributed by atoms with van der Waals surface area (Å²) >= 11 is 0. The van der Waals surface area contributed by atoms with Crippen molar-refractivity contribution in [1.29, 1.82) is 0 Å². The average Bonchev–Trinajstić information content (AvgIpc) is 2.39. The minimum atomic E-state index is -1.69. The lowest BCUT2D eigenvalue weighted by molar-refractivity contribution is 0.560. The number of hydrogen-bond acceptors (Lipinski definition) is 4. The lowest BCUT2D eigenvalue weighted by Crippen LogP contribution is -2.38. The zero-order valence-electron chi connectivity index (χ0n) is 14.3. The number of anilines is 2. The molecule has 0 aliphatic carbocycles. The highest BCUT2D eigenvalue weighted by atomic mass is 28.4. The minimum absolute atomic E-state index is 0.587. The van der Waals surface area contributed by atoms with Crippen LogP contribution in [0.4, 0.5) is 11.6 Å². The van der Waals surface area contributed by atoms with E-state index >= 15 is 0 Å². The summed E-state index contributed by atoms with van der Waals surface area (Å²) in [5.41, 5.74) is 0.927. The van der Waals surface area contributed by atoms with Gasteiger partial charge in [-0.3, -0.25) is 0 Å². The molecule has 2 rings (SSSR count). The van der Waals surface area contributed by atoms with Crippen molar-refractivity contribution in [3.8, 4) is 5.75 Å². The predicted octanol–water partition coefficient (Wildman–Crippen LogP) is 3.98. The number of hydrogen-bond donors (Lipinski definition) is 1. The summed E-state index contributed by atoms with van der Waals surface area (Å²) in [6.45, 7) is 13.6. The zero-order valence-corrected chi connectivity index (χ0v) is 16.3. The van der Waals surface area contributed by atoms with Crippen molar-refractivity contribution in [2.75, 3.05) is 5.32 Å². The summed E-state index contributed by atoms with van der Waals surface area (Å²) in [7, 11) is -3.07. The molecule has 0 radical (unpaired) electrons. The summed E-state index contributed by atoms with van der Waals surface area (Å²) in [5, 5.41) is 4.65. The molecular formula is C16H25N3OSi2. The van der Waals surface area contributed by atoms with Gasteiger partial charge in [-0.1, -0.05) is 30.9 Å². The van der Waals surface area contributed by atoms with Crippen molar-refractivity contribution in [2.45, 2.75) is 39.3 Å². The molecule has 0 aliphatic rings. The van der Waals surface area contributed by atoms with Gasteiger partial charge in [-0.15, -0.1) is 0 Å². The van der Waals surface area contributed by atoms with E-state index in [1.54, 1.807) is 18.5 Å². The summed E-state index contributed by atoms with van der Waals surface area (Å²) < 4.78 is 6.28. The summed E-state index contributed by atoms with van der Waals surface area (Å²) in [4.78, 5) is 8.45. The Morgan fingerprint density at radius 3 is 2.14 bits per heavy atom. The first-order valence-corrected chi connectivity index (χ1v) is 14.4. The molecule has 0 saturated heterocycles. The number of rotatable bonds is 5. The van der Waals surface area contributed by atoms with Crippen molar-refractivity contribution >= 4 is 33.2 Å². The van der Waals surface area contributed by atoms with Crippen molar-refractivity contribution in [3.05, 3.63) is 36.7 Å². The molecule has 22 heavy (non-hydrogen) atoms. The van der Waals surface area contributed by atoms with Gasteiger partial charge in [0.05, 0.1) is 13.8 Å². The van der Waals surface area contributed by atoms with Crippen molar-refractivity contribution in [3.63, 3.8) is 0 Å². The molecule has 118 valence electrons. The predicted molar refractivity (Wildman–Crippen MR) is 98.7 cm³/mol. The second kappa shape index (κ2) is 6.22. The van der Waals surface area contributed by atoms with E-state index in [0.29, 0.717) is 5.95 Å². The number of nitrogens with zero attached hydrogens (tertiary/aromatic N) is 2. The Balaban J connectivity index is 2.39. The molecule has 0 spiro atoms. The fraction of sp³-hybridized carbons (Fsp3) is 0.375. The molecule has 0 aliphatic heterocycles. The van der Waals surface area contributed by atoms with Crippen LogP contribution in [0.2, 0.25) is 39.3 Å². The summed E-state index contributed by atoms with van der Waals surface area (Å²) in [5.74, 6) is 1.50. The largest absolute Gasteiger partial charge is 0.543 e. The molecule has 4 nitrogen and oxygen atoms in total. The Morgan fingerprint density at radius 1 is 0.955 bits per heavy atom. The highest BCUT2D eigenvalue weighted by Gasteiger charge is 2.22. The maximum absolute atomic E-state index is 6.28. The number of aromatic nitrogens is 2. The van der Waals surface area contributed by atoms with Crippen LogP contribution < -0.4 is 14.9 Å². The van der Waals surface area contributed by atoms with Crippen LogP contribution in [0.3, 0.4) is 0 Å². The van der Waals surface area contributed by atoms with E-state index in [1.165, 1.54) is 5.19 Å². The van der Waals surface area contributed by atoms with Gasteiger partial charge in [-0.25, -0.2) is 9.97 Å². The maximum Gasteiger partial charge on any atom is 0.242 e. The number of benzene rings is 1. The molecular weight excluding hydrogens is 306 g/mol. The lowest BCUT2D eigenvalue weighted by Gasteiger charge is -2.25. The monoisotopic (exact) mass is 331 g/mol. The van der Waals surface area contributed by atoms with Gasteiger partial charge in [-0.05, 0) is 37.8 Å². The summed E-state index contributed by atoms with van der Waals surface area (Å²) in [6.07, 6.45) is 3.45. The second-order valence-corrected chi connectivity index (χ2v) is 16.9. The first kappa shape index (κ1) is 16.7. The molecule has 0 atom stereocenters. The van der Waals surface area contributed by atoms with Crippen LogP contribution in [0.15, 0.2) is 36.7 Å². The second-order valence-electron chi connectivity index (χ2n) is 7.37. The van der Waals surface area contributed by atoms with Gasteiger partial charge >= 0.3 is 0 Å². The van der Waals surface area contributed by atoms with Crippen LogP contribution in [-0.2, 0) is 0 Å². The van der Waals surface area contributed by atoms with E-state index in [1.807, 2.05) is 0 Å². The van der Waals surface area contributed by atoms with E-state index in [9.17, 15) is 0 Å². The normalized spacial score (nSPS) is 12.1. The third-order valence-corrected chi connectivity index (χ3v) is 5.95. The van der Waals surface area contributed by atoms with E-state index in [4.69, 9.17) is 4.43 Å². The van der Waals surface area contributed by atoms with E-state index in [2.05, 4.69) is 72.8 Å². The SMILES string of the molecule is C[Si](C)(C)Oc1cc([Si](C)(C)C)ccc1Nc1ncccn1. The number of nitrogens with one attached hydrogen (secondary N) is 1. The van der Waals surface area contributed by atoms with Crippen LogP contribution in [0, 0.1) is 0 Å². The molecule has 0 bridgehead atoms. The Labute approximate surface area is 135 Å². The van der Waals surface area contributed by atoms with Crippen LogP contribution in [0.5, 0.6) is 5.75 Å². The van der Waals surface area contributed by atoms with E-state index in [0.717, 1.165) is 11.4 Å². The molecule has 0 amide bonds. The molecule has 1 heterocycles. The fourth-order valence-corrected chi connectivity index (χ4v) is 3.97. The third kappa shape index (κ3) is 4.67. The standard InChI is InChI=1S/C16H25N3OSi2/c1-21(2,3)13-8-9-14(15(12-13)20-22(4,5)6)19-16-17-10-7-11-18-16/h7-12H,1-6H3,(H,17,18,19). The highest BCUT2D eigenvalue weighted by Crippen LogP contribution is 2.28. The van der Waals surface area contributed by atoms with Crippen molar-refractivity contribution < 1.29 is 4.43 Å². The van der Waals surface area contributed by atoms with Crippen LogP contribution >= 0.6 is 0 Å². The maximum atomic E-state index is 6.28. The molecule has 0 fully saturated rings. The van der Waals surface area contributed by atoms with Gasteiger partial charge in [0, 0.05) is 12.4 Å². The lowest BCUT2D eigenvalue weighted by atomic mass is 10.3. The quantitative estimate of drug-likeness (QED) is 0.842. The van der Waals surface area contributed by atoms with Gasteiger partial charge < -0.3 is 9.74 Å². The Hall–Kier alpha value is -1.67. The Kier molecular flexibility index (Phi) is 4.72. The van der Waals surface area contributed by atoms with Gasteiger partial charge in [-0.2, -0.15) is 0 Å². The van der Waals surface area contributed by atoms with Crippen molar-refractivity contribution in [2.24, 2.45) is 0 Å². The highest BCUT2D eigenvalue weighted by molar-refractivity contribution is 6.88. The Morgan fingerprint density at radius 2 is 1.59 bits per heavy atom. The molecule has 1 N–H and O–H groups in total. The van der Waals surface area contributed by atoms with E-state index in [-0.39, 0.29) is 0 Å². The van der Waals surface area contributed by atoms with Crippen LogP contribution in [-0.4, -0.2) is 26.4 Å². The average molecular weight is 332 g/mol. The third-order valence-electron chi connectivity index (χ3n) is 3.08. The van der Waals surface area contributed by atoms with Crippen molar-refractivity contribution in [1.82, 2.24) is 9.97 Å². The van der Waals surface area contributed by atoms with Gasteiger partial charge in [0.2, 0.25) is 14.3 Å². The molecule has 1 aromatic carbocycles. The minimum Gasteiger partial charge on any atom is -0.543 e. The molecule has 1 aromatic heterocycles. The smallest absolute Gasteiger partial charge is 0.242 e. The first-order chi connectivity index (χ1) is 10.1. The van der Waals surface area contributed by atoms with E-state index < -0.39 is 16.4 Å². The first-order valence-electron chi connectivity index (χ1n) is 7.53. The zero-order chi connectivity index (χ0) is 16.4. The molecule has 0 unspecified atom stereocenters. The molecule has 6 heteroatoms. The van der Waals surface area contributed by atoms with Gasteiger partial charge in [0.1, 0.15) is 5.75 Å². The summed E-state index contributed by atoms with van der Waals surface area (Å²) in [6, 6.07) is 8.27. The van der Waals surface area contributed by atoms with Crippen LogP contribution in [0.25, 0.3) is 0 Å². The van der Waals surface area contributed by atoms with Crippen LogP contribution in [0.1, 0.15) is 0 Å². The topological polar surface area (TPSA) is 47.0 Å². The molecule has 0 saturated carbocycles. The fourth-order valence-electron chi connectivity index (χ4n) is 1.99. The Bertz CT molecular complexity index is 634.